The first-order valence-corrected chi connectivity index (χ1v) is 6.58. The molecule has 0 saturated carbocycles. The Morgan fingerprint density at radius 3 is 3.18 bits per heavy atom. The van der Waals surface area contributed by atoms with Crippen molar-refractivity contribution in [3.63, 3.8) is 0 Å². The molecule has 1 aromatic carbocycles. The lowest BCUT2D eigenvalue weighted by Crippen LogP contribution is -1.99. The lowest BCUT2D eigenvalue weighted by atomic mass is 10.2. The fourth-order valence-electron chi connectivity index (χ4n) is 1.55. The molecule has 0 radical (unpaired) electrons. The van der Waals surface area contributed by atoms with Crippen molar-refractivity contribution in [3.05, 3.63) is 27.7 Å². The molecule has 2 aromatic rings. The molecule has 7 heteroatoms. The van der Waals surface area contributed by atoms with Gasteiger partial charge in [-0.25, -0.2) is 0 Å². The Balaban J connectivity index is 1.78. The van der Waals surface area contributed by atoms with Gasteiger partial charge < -0.3 is 14.8 Å². The number of ether oxygens (including phenoxy) is 2. The topological polar surface area (TPSA) is 56.3 Å². The largest absolute Gasteiger partial charge is 0.454 e. The van der Waals surface area contributed by atoms with Gasteiger partial charge in [-0.2, -0.15) is 0 Å². The molecule has 17 heavy (non-hydrogen) atoms. The standard InChI is InChI=1S/C10H8BrN3O2S/c11-7-1-6(2-8-9(7)16-5-15-8)3-12-10-14-13-4-17-10/h1-2,4H,3,5H2,(H,12,14). The SMILES string of the molecule is Brc1cc(CNc2nncs2)cc2c1OCO2. The van der Waals surface area contributed by atoms with Gasteiger partial charge in [-0.3, -0.25) is 0 Å². The summed E-state index contributed by atoms with van der Waals surface area (Å²) in [4.78, 5) is 0. The van der Waals surface area contributed by atoms with Gasteiger partial charge in [-0.05, 0) is 33.6 Å². The maximum absolute atomic E-state index is 5.35. The first-order valence-electron chi connectivity index (χ1n) is 4.91. The van der Waals surface area contributed by atoms with Crippen LogP contribution in [-0.4, -0.2) is 17.0 Å². The van der Waals surface area contributed by atoms with E-state index >= 15 is 0 Å². The number of rotatable bonds is 3. The summed E-state index contributed by atoms with van der Waals surface area (Å²) in [5, 5.41) is 11.7. The Bertz CT molecular complexity index is 533. The Morgan fingerprint density at radius 2 is 2.35 bits per heavy atom. The van der Waals surface area contributed by atoms with Crippen LogP contribution in [0.2, 0.25) is 0 Å². The van der Waals surface area contributed by atoms with Crippen LogP contribution in [0.25, 0.3) is 0 Å². The van der Waals surface area contributed by atoms with Crippen LogP contribution in [0.3, 0.4) is 0 Å². The normalized spacial score (nSPS) is 12.8. The first-order chi connectivity index (χ1) is 8.33. The molecule has 0 spiro atoms. The summed E-state index contributed by atoms with van der Waals surface area (Å²) < 4.78 is 11.6. The molecule has 1 aromatic heterocycles. The van der Waals surface area contributed by atoms with Crippen molar-refractivity contribution >= 4 is 32.4 Å². The summed E-state index contributed by atoms with van der Waals surface area (Å²) in [5.74, 6) is 1.54. The highest BCUT2D eigenvalue weighted by atomic mass is 79.9. The Morgan fingerprint density at radius 1 is 1.41 bits per heavy atom. The van der Waals surface area contributed by atoms with Gasteiger partial charge in [0.2, 0.25) is 11.9 Å². The van der Waals surface area contributed by atoms with E-state index < -0.39 is 0 Å². The fraction of sp³-hybridized carbons (Fsp3) is 0.200. The molecule has 1 aliphatic heterocycles. The van der Waals surface area contributed by atoms with E-state index in [1.807, 2.05) is 12.1 Å². The zero-order chi connectivity index (χ0) is 11.7. The van der Waals surface area contributed by atoms with E-state index in [-0.39, 0.29) is 6.79 Å². The second kappa shape index (κ2) is 4.50. The van der Waals surface area contributed by atoms with Crippen LogP contribution in [0.1, 0.15) is 5.56 Å². The second-order valence-corrected chi connectivity index (χ2v) is 5.10. The van der Waals surface area contributed by atoms with Gasteiger partial charge in [-0.15, -0.1) is 10.2 Å². The molecule has 2 heterocycles. The monoisotopic (exact) mass is 313 g/mol. The predicted octanol–water partition coefficient (Wildman–Crippen LogP) is 2.64. The molecule has 1 aliphatic rings. The number of hydrogen-bond acceptors (Lipinski definition) is 6. The van der Waals surface area contributed by atoms with E-state index in [4.69, 9.17) is 9.47 Å². The lowest BCUT2D eigenvalue weighted by Gasteiger charge is -2.05. The molecule has 5 nitrogen and oxygen atoms in total. The molecule has 0 aliphatic carbocycles. The second-order valence-electron chi connectivity index (χ2n) is 3.41. The Kier molecular flexibility index (Phi) is 2.86. The highest BCUT2D eigenvalue weighted by Gasteiger charge is 2.17. The number of halogens is 1. The van der Waals surface area contributed by atoms with Gasteiger partial charge in [0.15, 0.2) is 11.5 Å². The number of benzene rings is 1. The molecule has 0 amide bonds. The van der Waals surface area contributed by atoms with Crippen molar-refractivity contribution in [3.8, 4) is 11.5 Å². The molecular formula is C10H8BrN3O2S. The van der Waals surface area contributed by atoms with Crippen molar-refractivity contribution in [2.75, 3.05) is 12.1 Å². The number of hydrogen-bond donors (Lipinski definition) is 1. The average Bonchev–Trinajstić information content (AvgIpc) is 2.97. The number of nitrogens with zero attached hydrogens (tertiary/aromatic N) is 2. The van der Waals surface area contributed by atoms with Crippen molar-refractivity contribution in [2.45, 2.75) is 6.54 Å². The molecule has 0 unspecified atom stereocenters. The third-order valence-corrected chi connectivity index (χ3v) is 3.53. The maximum Gasteiger partial charge on any atom is 0.231 e. The quantitative estimate of drug-likeness (QED) is 0.944. The first kappa shape index (κ1) is 10.8. The summed E-state index contributed by atoms with van der Waals surface area (Å²) in [7, 11) is 0. The van der Waals surface area contributed by atoms with Crippen molar-refractivity contribution in [1.29, 1.82) is 0 Å². The highest BCUT2D eigenvalue weighted by molar-refractivity contribution is 9.10. The molecule has 0 bridgehead atoms. The average molecular weight is 314 g/mol. The number of anilines is 1. The molecule has 0 atom stereocenters. The summed E-state index contributed by atoms with van der Waals surface area (Å²) in [5.41, 5.74) is 2.79. The zero-order valence-electron chi connectivity index (χ0n) is 8.64. The smallest absolute Gasteiger partial charge is 0.231 e. The minimum absolute atomic E-state index is 0.279. The lowest BCUT2D eigenvalue weighted by molar-refractivity contribution is 0.173. The van der Waals surface area contributed by atoms with Crippen LogP contribution in [0, 0.1) is 0 Å². The molecule has 88 valence electrons. The van der Waals surface area contributed by atoms with Crippen LogP contribution < -0.4 is 14.8 Å². The minimum Gasteiger partial charge on any atom is -0.454 e. The van der Waals surface area contributed by atoms with Gasteiger partial charge in [0, 0.05) is 6.54 Å². The molecule has 3 rings (SSSR count). The van der Waals surface area contributed by atoms with Gasteiger partial charge in [0.1, 0.15) is 5.51 Å². The van der Waals surface area contributed by atoms with E-state index in [9.17, 15) is 0 Å². The van der Waals surface area contributed by atoms with E-state index in [0.29, 0.717) is 6.54 Å². The third-order valence-electron chi connectivity index (χ3n) is 2.29. The maximum atomic E-state index is 5.35. The summed E-state index contributed by atoms with van der Waals surface area (Å²) in [6.07, 6.45) is 0. The van der Waals surface area contributed by atoms with Crippen LogP contribution in [0.15, 0.2) is 22.1 Å². The number of fused-ring (bicyclic) bond motifs is 1. The van der Waals surface area contributed by atoms with E-state index in [1.165, 1.54) is 11.3 Å². The van der Waals surface area contributed by atoms with Gasteiger partial charge in [-0.1, -0.05) is 11.3 Å². The number of aromatic nitrogens is 2. The van der Waals surface area contributed by atoms with Gasteiger partial charge in [0.25, 0.3) is 0 Å². The van der Waals surface area contributed by atoms with E-state index in [0.717, 1.165) is 26.7 Å². The van der Waals surface area contributed by atoms with Crippen molar-refractivity contribution in [2.24, 2.45) is 0 Å². The molecule has 1 N–H and O–H groups in total. The van der Waals surface area contributed by atoms with E-state index in [1.54, 1.807) is 5.51 Å². The van der Waals surface area contributed by atoms with Crippen LogP contribution >= 0.6 is 27.3 Å². The third kappa shape index (κ3) is 2.20. The van der Waals surface area contributed by atoms with Crippen LogP contribution in [-0.2, 0) is 6.54 Å². The van der Waals surface area contributed by atoms with Crippen LogP contribution in [0.4, 0.5) is 5.13 Å². The number of nitrogens with one attached hydrogen (secondary N) is 1. The Labute approximate surface area is 110 Å². The summed E-state index contributed by atoms with van der Waals surface area (Å²) in [6, 6.07) is 3.96. The fourth-order valence-corrected chi connectivity index (χ4v) is 2.60. The zero-order valence-corrected chi connectivity index (χ0v) is 11.0. The van der Waals surface area contributed by atoms with Crippen molar-refractivity contribution in [1.82, 2.24) is 10.2 Å². The minimum atomic E-state index is 0.279. The summed E-state index contributed by atoms with van der Waals surface area (Å²) >= 11 is 4.93. The van der Waals surface area contributed by atoms with Crippen molar-refractivity contribution < 1.29 is 9.47 Å². The predicted molar refractivity (Wildman–Crippen MR) is 67.5 cm³/mol. The highest BCUT2D eigenvalue weighted by Crippen LogP contribution is 2.40. The van der Waals surface area contributed by atoms with E-state index in [2.05, 4.69) is 31.4 Å². The molecule has 0 saturated heterocycles. The molecule has 0 fully saturated rings. The Hall–Kier alpha value is -1.34. The summed E-state index contributed by atoms with van der Waals surface area (Å²) in [6.45, 7) is 0.950. The van der Waals surface area contributed by atoms with Gasteiger partial charge >= 0.3 is 0 Å². The van der Waals surface area contributed by atoms with Gasteiger partial charge in [0.05, 0.1) is 4.47 Å². The van der Waals surface area contributed by atoms with Crippen LogP contribution in [0.5, 0.6) is 11.5 Å². The molecular weight excluding hydrogens is 306 g/mol.